The number of alkyl carbamates (subject to hydrolysis) is 1. The fourth-order valence-electron chi connectivity index (χ4n) is 3.22. The summed E-state index contributed by atoms with van der Waals surface area (Å²) in [6, 6.07) is -1.01. The van der Waals surface area contributed by atoms with Crippen LogP contribution in [0.1, 0.15) is 20.3 Å². The second-order valence-corrected chi connectivity index (χ2v) is 8.07. The van der Waals surface area contributed by atoms with Gasteiger partial charge in [0.05, 0.1) is 52.4 Å². The van der Waals surface area contributed by atoms with Gasteiger partial charge in [0, 0.05) is 20.6 Å². The van der Waals surface area contributed by atoms with E-state index >= 15 is 0 Å². The summed E-state index contributed by atoms with van der Waals surface area (Å²) in [6.45, 7) is 3.41. The van der Waals surface area contributed by atoms with Gasteiger partial charge in [-0.15, -0.1) is 0 Å². The van der Waals surface area contributed by atoms with Gasteiger partial charge in [0.15, 0.2) is 12.6 Å². The largest absolute Gasteiger partial charge is 0.444 e. The van der Waals surface area contributed by atoms with Crippen LogP contribution in [0, 0.1) is 0 Å². The highest BCUT2D eigenvalue weighted by atomic mass is 16.7. The SMILES string of the molecule is CCC(CO)OC(COC(=O)NCCOCCOCCOC1OC(CO)C(O)C(O)C1NC(C)=O)OC. The lowest BCUT2D eigenvalue weighted by molar-refractivity contribution is -0.272. The summed E-state index contributed by atoms with van der Waals surface area (Å²) in [6.07, 6.45) is -6.16. The number of nitrogens with one attached hydrogen (secondary N) is 2. The van der Waals surface area contributed by atoms with Crippen molar-refractivity contribution in [3.8, 4) is 0 Å². The molecule has 0 aliphatic carbocycles. The Balaban J connectivity index is 2.13. The maximum Gasteiger partial charge on any atom is 0.407 e. The fourth-order valence-corrected chi connectivity index (χ4v) is 3.22. The Bertz CT molecular complexity index is 625. The van der Waals surface area contributed by atoms with Gasteiger partial charge >= 0.3 is 6.09 Å². The minimum absolute atomic E-state index is 0.0542. The number of hydrogen-bond acceptors (Lipinski definition) is 13. The molecule has 0 radical (unpaired) electrons. The fraction of sp³-hybridized carbons (Fsp3) is 0.909. The molecule has 1 heterocycles. The van der Waals surface area contributed by atoms with Gasteiger partial charge in [-0.1, -0.05) is 6.92 Å². The average molecular weight is 543 g/mol. The van der Waals surface area contributed by atoms with E-state index in [9.17, 15) is 24.9 Å². The first kappa shape index (κ1) is 33.4. The summed E-state index contributed by atoms with van der Waals surface area (Å²) in [5, 5.41) is 43.6. The first-order valence-corrected chi connectivity index (χ1v) is 12.1. The molecule has 15 heteroatoms. The van der Waals surface area contributed by atoms with Gasteiger partial charge in [0.2, 0.25) is 5.91 Å². The maximum absolute atomic E-state index is 11.7. The number of aliphatic hydroxyl groups is 4. The van der Waals surface area contributed by atoms with Crippen molar-refractivity contribution < 1.29 is 63.2 Å². The highest BCUT2D eigenvalue weighted by Crippen LogP contribution is 2.22. The van der Waals surface area contributed by atoms with E-state index < -0.39 is 61.6 Å². The molecule has 15 nitrogen and oxygen atoms in total. The molecule has 0 saturated carbocycles. The van der Waals surface area contributed by atoms with Gasteiger partial charge in [-0.05, 0) is 6.42 Å². The van der Waals surface area contributed by atoms with E-state index in [-0.39, 0.29) is 52.8 Å². The second-order valence-electron chi connectivity index (χ2n) is 8.07. The van der Waals surface area contributed by atoms with Crippen LogP contribution in [0.25, 0.3) is 0 Å². The van der Waals surface area contributed by atoms with Gasteiger partial charge in [-0.3, -0.25) is 4.79 Å². The van der Waals surface area contributed by atoms with Gasteiger partial charge < -0.3 is 64.2 Å². The number of aliphatic hydroxyl groups excluding tert-OH is 4. The molecule has 218 valence electrons. The third-order valence-corrected chi connectivity index (χ3v) is 5.26. The summed E-state index contributed by atoms with van der Waals surface area (Å²) in [5.41, 5.74) is 0. The van der Waals surface area contributed by atoms with Gasteiger partial charge in [0.1, 0.15) is 31.0 Å². The second kappa shape index (κ2) is 19.4. The average Bonchev–Trinajstić information content (AvgIpc) is 2.88. The molecule has 1 saturated heterocycles. The lowest BCUT2D eigenvalue weighted by Gasteiger charge is -2.42. The summed E-state index contributed by atoms with van der Waals surface area (Å²) in [4.78, 5) is 23.1. The minimum atomic E-state index is -1.38. The number of carbonyl (C=O) groups excluding carboxylic acids is 2. The molecule has 6 N–H and O–H groups in total. The lowest BCUT2D eigenvalue weighted by atomic mass is 9.97. The van der Waals surface area contributed by atoms with Crippen molar-refractivity contribution >= 4 is 12.0 Å². The minimum Gasteiger partial charge on any atom is -0.444 e. The van der Waals surface area contributed by atoms with Crippen LogP contribution in [0.3, 0.4) is 0 Å². The van der Waals surface area contributed by atoms with Crippen LogP contribution in [-0.2, 0) is 38.0 Å². The number of carbonyl (C=O) groups is 2. The Morgan fingerprint density at radius 1 is 1.03 bits per heavy atom. The quantitative estimate of drug-likeness (QED) is 0.0737. The van der Waals surface area contributed by atoms with Crippen LogP contribution in [0.5, 0.6) is 0 Å². The van der Waals surface area contributed by atoms with Crippen molar-refractivity contribution in [2.45, 2.75) is 63.3 Å². The van der Waals surface area contributed by atoms with E-state index in [2.05, 4.69) is 10.6 Å². The van der Waals surface area contributed by atoms with E-state index in [0.29, 0.717) is 6.42 Å². The zero-order chi connectivity index (χ0) is 27.6. The molecule has 0 aromatic carbocycles. The Kier molecular flexibility index (Phi) is 17.5. The molecule has 2 amide bonds. The molecule has 1 aliphatic rings. The summed E-state index contributed by atoms with van der Waals surface area (Å²) >= 11 is 0. The number of ether oxygens (including phenoxy) is 7. The maximum atomic E-state index is 11.7. The first-order valence-electron chi connectivity index (χ1n) is 12.1. The van der Waals surface area contributed by atoms with Gasteiger partial charge in [-0.25, -0.2) is 4.79 Å². The van der Waals surface area contributed by atoms with Crippen molar-refractivity contribution in [1.82, 2.24) is 10.6 Å². The molecule has 37 heavy (non-hydrogen) atoms. The van der Waals surface area contributed by atoms with Crippen LogP contribution >= 0.6 is 0 Å². The molecule has 0 aromatic rings. The number of methoxy groups -OCH3 is 1. The Hall–Kier alpha value is -1.66. The highest BCUT2D eigenvalue weighted by Gasteiger charge is 2.45. The van der Waals surface area contributed by atoms with E-state index in [1.165, 1.54) is 14.0 Å². The molecule has 1 fully saturated rings. The van der Waals surface area contributed by atoms with Crippen molar-refractivity contribution in [1.29, 1.82) is 0 Å². The standard InChI is InChI=1S/C22H42N2O13/c1-4-15(11-25)36-17(31-3)13-35-22(30)23-5-6-32-7-8-33-9-10-34-21-18(24-14(2)27)20(29)19(28)16(12-26)37-21/h15-21,25-26,28-29H,4-13H2,1-3H3,(H,23,30)(H,24,27). The first-order chi connectivity index (χ1) is 17.8. The Morgan fingerprint density at radius 2 is 1.70 bits per heavy atom. The van der Waals surface area contributed by atoms with E-state index in [0.717, 1.165) is 0 Å². The number of amides is 2. The van der Waals surface area contributed by atoms with E-state index in [4.69, 9.17) is 38.3 Å². The van der Waals surface area contributed by atoms with E-state index in [1.54, 1.807) is 0 Å². The predicted molar refractivity (Wildman–Crippen MR) is 125 cm³/mol. The van der Waals surface area contributed by atoms with E-state index in [1.807, 2.05) is 6.92 Å². The number of rotatable bonds is 19. The molecule has 1 rings (SSSR count). The Morgan fingerprint density at radius 3 is 2.30 bits per heavy atom. The summed E-state index contributed by atoms with van der Waals surface area (Å²) in [7, 11) is 1.41. The highest BCUT2D eigenvalue weighted by molar-refractivity contribution is 5.73. The normalized spacial score (nSPS) is 25.3. The molecule has 0 aromatic heterocycles. The van der Waals surface area contributed by atoms with Gasteiger partial charge in [-0.2, -0.15) is 0 Å². The third kappa shape index (κ3) is 13.1. The van der Waals surface area contributed by atoms with Crippen LogP contribution in [-0.4, -0.2) is 142 Å². The van der Waals surface area contributed by atoms with Gasteiger partial charge in [0.25, 0.3) is 0 Å². The van der Waals surface area contributed by atoms with Crippen molar-refractivity contribution in [3.63, 3.8) is 0 Å². The lowest BCUT2D eigenvalue weighted by Crippen LogP contribution is -2.64. The summed E-state index contributed by atoms with van der Waals surface area (Å²) < 4.78 is 37.2. The predicted octanol–water partition coefficient (Wildman–Crippen LogP) is -2.53. The molecule has 0 bridgehead atoms. The molecule has 7 atom stereocenters. The monoisotopic (exact) mass is 542 g/mol. The Labute approximate surface area is 216 Å². The van der Waals surface area contributed by atoms with Crippen LogP contribution in [0.2, 0.25) is 0 Å². The third-order valence-electron chi connectivity index (χ3n) is 5.26. The smallest absolute Gasteiger partial charge is 0.407 e. The van der Waals surface area contributed by atoms with Crippen molar-refractivity contribution in [2.24, 2.45) is 0 Å². The molecular formula is C22H42N2O13. The van der Waals surface area contributed by atoms with Crippen LogP contribution in [0.4, 0.5) is 4.79 Å². The topological polar surface area (TPSA) is 204 Å². The van der Waals surface area contributed by atoms with Crippen LogP contribution in [0.15, 0.2) is 0 Å². The molecule has 0 spiro atoms. The molecular weight excluding hydrogens is 500 g/mol. The zero-order valence-corrected chi connectivity index (χ0v) is 21.6. The summed E-state index contributed by atoms with van der Waals surface area (Å²) in [5.74, 6) is -0.441. The zero-order valence-electron chi connectivity index (χ0n) is 21.6. The molecule has 1 aliphatic heterocycles. The van der Waals surface area contributed by atoms with Crippen molar-refractivity contribution in [2.75, 3.05) is 66.5 Å². The van der Waals surface area contributed by atoms with Crippen LogP contribution < -0.4 is 10.6 Å². The molecule has 7 unspecified atom stereocenters. The van der Waals surface area contributed by atoms with Crippen molar-refractivity contribution in [3.05, 3.63) is 0 Å². The number of hydrogen-bond donors (Lipinski definition) is 6.